The largest absolute Gasteiger partial charge is 0.312 e. The Bertz CT molecular complexity index is 736. The zero-order valence-electron chi connectivity index (χ0n) is 12.1. The maximum atomic E-state index is 5.92. The monoisotopic (exact) mass is 320 g/mol. The molecule has 3 aromatic heterocycles. The SMILES string of the molecule is Cc1cnc2c(c1)nc(CCCl)n2CC(C)c1nccs1. The van der Waals surface area contributed by atoms with Crippen LogP contribution in [0, 0.1) is 6.92 Å². The van der Waals surface area contributed by atoms with Gasteiger partial charge in [0.25, 0.3) is 0 Å². The molecular weight excluding hydrogens is 304 g/mol. The Kier molecular flexibility index (Phi) is 4.22. The molecule has 3 heterocycles. The predicted octanol–water partition coefficient (Wildman–Crippen LogP) is 3.78. The molecule has 0 fully saturated rings. The summed E-state index contributed by atoms with van der Waals surface area (Å²) in [5.74, 6) is 1.90. The van der Waals surface area contributed by atoms with Crippen LogP contribution in [0.5, 0.6) is 0 Å². The lowest BCUT2D eigenvalue weighted by Gasteiger charge is -2.12. The molecule has 3 aromatic rings. The number of thiazole rings is 1. The first-order valence-electron chi connectivity index (χ1n) is 6.96. The van der Waals surface area contributed by atoms with E-state index in [-0.39, 0.29) is 0 Å². The van der Waals surface area contributed by atoms with Crippen molar-refractivity contribution in [2.75, 3.05) is 5.88 Å². The highest BCUT2D eigenvalue weighted by Crippen LogP contribution is 2.23. The van der Waals surface area contributed by atoms with Crippen LogP contribution >= 0.6 is 22.9 Å². The number of aryl methyl sites for hydroxylation is 2. The van der Waals surface area contributed by atoms with Gasteiger partial charge in [-0.3, -0.25) is 0 Å². The summed E-state index contributed by atoms with van der Waals surface area (Å²) in [6.45, 7) is 5.04. The topological polar surface area (TPSA) is 43.6 Å². The van der Waals surface area contributed by atoms with Crippen LogP contribution in [-0.2, 0) is 13.0 Å². The molecule has 0 radical (unpaired) electrons. The number of halogens is 1. The van der Waals surface area contributed by atoms with Gasteiger partial charge in [0.15, 0.2) is 5.65 Å². The van der Waals surface area contributed by atoms with E-state index in [0.29, 0.717) is 11.8 Å². The number of pyridine rings is 1. The number of fused-ring (bicyclic) bond motifs is 1. The van der Waals surface area contributed by atoms with Crippen LogP contribution in [-0.4, -0.2) is 25.4 Å². The molecule has 3 rings (SSSR count). The molecule has 0 aliphatic heterocycles. The first-order chi connectivity index (χ1) is 10.2. The quantitative estimate of drug-likeness (QED) is 0.672. The van der Waals surface area contributed by atoms with Gasteiger partial charge in [-0.15, -0.1) is 22.9 Å². The maximum absolute atomic E-state index is 5.92. The van der Waals surface area contributed by atoms with Crippen LogP contribution in [0.3, 0.4) is 0 Å². The molecule has 110 valence electrons. The second-order valence-electron chi connectivity index (χ2n) is 5.20. The van der Waals surface area contributed by atoms with E-state index in [1.54, 1.807) is 11.3 Å². The third kappa shape index (κ3) is 2.94. The molecule has 0 N–H and O–H groups in total. The number of hydrogen-bond acceptors (Lipinski definition) is 4. The molecule has 0 spiro atoms. The van der Waals surface area contributed by atoms with Crippen molar-refractivity contribution in [3.8, 4) is 0 Å². The van der Waals surface area contributed by atoms with Crippen molar-refractivity contribution in [1.29, 1.82) is 0 Å². The number of hydrogen-bond donors (Lipinski definition) is 0. The van der Waals surface area contributed by atoms with E-state index in [9.17, 15) is 0 Å². The van der Waals surface area contributed by atoms with Crippen LogP contribution in [0.2, 0.25) is 0 Å². The van der Waals surface area contributed by atoms with E-state index >= 15 is 0 Å². The molecule has 0 aliphatic rings. The zero-order valence-corrected chi connectivity index (χ0v) is 13.7. The van der Waals surface area contributed by atoms with Crippen molar-refractivity contribution < 1.29 is 0 Å². The molecule has 0 amide bonds. The molecule has 0 saturated carbocycles. The van der Waals surface area contributed by atoms with Crippen LogP contribution in [0.15, 0.2) is 23.8 Å². The predicted molar refractivity (Wildman–Crippen MR) is 87.2 cm³/mol. The van der Waals surface area contributed by atoms with E-state index < -0.39 is 0 Å². The Morgan fingerprint density at radius 3 is 2.95 bits per heavy atom. The van der Waals surface area contributed by atoms with Crippen LogP contribution in [0.25, 0.3) is 11.2 Å². The number of aromatic nitrogens is 4. The Hall–Kier alpha value is -1.46. The first-order valence-corrected chi connectivity index (χ1v) is 8.37. The van der Waals surface area contributed by atoms with Gasteiger partial charge in [0, 0.05) is 42.5 Å². The highest BCUT2D eigenvalue weighted by molar-refractivity contribution is 7.09. The highest BCUT2D eigenvalue weighted by atomic mass is 35.5. The number of alkyl halides is 1. The van der Waals surface area contributed by atoms with Gasteiger partial charge in [0.05, 0.1) is 5.01 Å². The summed E-state index contributed by atoms with van der Waals surface area (Å²) >= 11 is 7.61. The molecule has 0 bridgehead atoms. The third-order valence-corrected chi connectivity index (χ3v) is 4.64. The van der Waals surface area contributed by atoms with E-state index in [4.69, 9.17) is 16.6 Å². The fourth-order valence-corrected chi connectivity index (χ4v) is 3.31. The molecule has 1 unspecified atom stereocenters. The van der Waals surface area contributed by atoms with E-state index in [1.165, 1.54) is 0 Å². The summed E-state index contributed by atoms with van der Waals surface area (Å²) in [7, 11) is 0. The van der Waals surface area contributed by atoms with Gasteiger partial charge in [-0.05, 0) is 18.6 Å². The Labute approximate surface area is 132 Å². The minimum absolute atomic E-state index is 0.333. The summed E-state index contributed by atoms with van der Waals surface area (Å²) in [5, 5.41) is 3.15. The molecule has 6 heteroatoms. The Balaban J connectivity index is 2.00. The standard InChI is InChI=1S/C15H17ClN4S/c1-10-7-12-14(18-8-10)20(13(19-12)3-4-16)9-11(2)15-17-5-6-21-15/h5-8,11H,3-4,9H2,1-2H3. The summed E-state index contributed by atoms with van der Waals surface area (Å²) in [4.78, 5) is 13.7. The lowest BCUT2D eigenvalue weighted by Crippen LogP contribution is -2.10. The van der Waals surface area contributed by atoms with Gasteiger partial charge in [0.2, 0.25) is 0 Å². The lowest BCUT2D eigenvalue weighted by molar-refractivity contribution is 0.583. The normalized spacial score (nSPS) is 12.9. The minimum Gasteiger partial charge on any atom is -0.312 e. The van der Waals surface area contributed by atoms with Gasteiger partial charge in [-0.25, -0.2) is 15.0 Å². The van der Waals surface area contributed by atoms with Gasteiger partial charge in [-0.1, -0.05) is 6.92 Å². The minimum atomic E-state index is 0.333. The maximum Gasteiger partial charge on any atom is 0.160 e. The number of rotatable bonds is 5. The van der Waals surface area contributed by atoms with Crippen LogP contribution in [0.4, 0.5) is 0 Å². The lowest BCUT2D eigenvalue weighted by atomic mass is 10.2. The van der Waals surface area contributed by atoms with Crippen molar-refractivity contribution >= 4 is 34.1 Å². The summed E-state index contributed by atoms with van der Waals surface area (Å²) in [6.07, 6.45) is 4.49. The number of nitrogens with zero attached hydrogens (tertiary/aromatic N) is 4. The summed E-state index contributed by atoms with van der Waals surface area (Å²) < 4.78 is 2.18. The van der Waals surface area contributed by atoms with E-state index in [0.717, 1.165) is 40.5 Å². The zero-order chi connectivity index (χ0) is 14.8. The van der Waals surface area contributed by atoms with Crippen molar-refractivity contribution in [2.45, 2.75) is 32.7 Å². The molecule has 0 saturated heterocycles. The molecular formula is C15H17ClN4S. The fraction of sp³-hybridized carbons (Fsp3) is 0.400. The average Bonchev–Trinajstić information content (AvgIpc) is 3.08. The van der Waals surface area contributed by atoms with E-state index in [2.05, 4.69) is 27.5 Å². The smallest absolute Gasteiger partial charge is 0.160 e. The van der Waals surface area contributed by atoms with Crippen molar-refractivity contribution in [1.82, 2.24) is 19.5 Å². The van der Waals surface area contributed by atoms with Gasteiger partial charge in [-0.2, -0.15) is 0 Å². The molecule has 4 nitrogen and oxygen atoms in total. The van der Waals surface area contributed by atoms with Crippen molar-refractivity contribution in [2.24, 2.45) is 0 Å². The first kappa shape index (κ1) is 14.5. The summed E-state index contributed by atoms with van der Waals surface area (Å²) in [5.41, 5.74) is 3.00. The van der Waals surface area contributed by atoms with Gasteiger partial charge < -0.3 is 4.57 Å². The second-order valence-corrected chi connectivity index (χ2v) is 6.51. The third-order valence-electron chi connectivity index (χ3n) is 3.45. The summed E-state index contributed by atoms with van der Waals surface area (Å²) in [6, 6.07) is 2.07. The van der Waals surface area contributed by atoms with Crippen molar-refractivity contribution in [3.05, 3.63) is 40.2 Å². The van der Waals surface area contributed by atoms with Crippen molar-refractivity contribution in [3.63, 3.8) is 0 Å². The average molecular weight is 321 g/mol. The molecule has 1 atom stereocenters. The fourth-order valence-electron chi connectivity index (χ4n) is 2.46. The number of imidazole rings is 1. The van der Waals surface area contributed by atoms with Crippen LogP contribution < -0.4 is 0 Å². The molecule has 0 aromatic carbocycles. The Morgan fingerprint density at radius 2 is 2.24 bits per heavy atom. The van der Waals surface area contributed by atoms with Crippen LogP contribution in [0.1, 0.15) is 29.2 Å². The van der Waals surface area contributed by atoms with Gasteiger partial charge in [0.1, 0.15) is 11.3 Å². The molecule has 21 heavy (non-hydrogen) atoms. The van der Waals surface area contributed by atoms with E-state index in [1.807, 2.05) is 24.7 Å². The second kappa shape index (κ2) is 6.12. The van der Waals surface area contributed by atoms with Gasteiger partial charge >= 0.3 is 0 Å². The Morgan fingerprint density at radius 1 is 1.38 bits per heavy atom. The highest BCUT2D eigenvalue weighted by Gasteiger charge is 2.16. The molecule has 0 aliphatic carbocycles.